The van der Waals surface area contributed by atoms with Gasteiger partial charge in [-0.15, -0.1) is 0 Å². The highest BCUT2D eigenvalue weighted by Crippen LogP contribution is 2.18. The highest BCUT2D eigenvalue weighted by Gasteiger charge is 2.16. The molecule has 2 rings (SSSR count). The van der Waals surface area contributed by atoms with E-state index in [4.69, 9.17) is 10.8 Å². The Bertz CT molecular complexity index is 778. The van der Waals surface area contributed by atoms with Crippen molar-refractivity contribution in [3.05, 3.63) is 58.4 Å². The molecule has 0 spiro atoms. The molecule has 1 unspecified atom stereocenters. The predicted molar refractivity (Wildman–Crippen MR) is 97.4 cm³/mol. The molecule has 0 saturated heterocycles. The summed E-state index contributed by atoms with van der Waals surface area (Å²) < 4.78 is 0. The molecule has 0 bridgehead atoms. The van der Waals surface area contributed by atoms with Gasteiger partial charge in [-0.25, -0.2) is 0 Å². The molecule has 2 aromatic heterocycles. The number of nitrogens with zero attached hydrogens (tertiary/aromatic N) is 1. The molecule has 0 aliphatic carbocycles. The maximum absolute atomic E-state index is 12.7. The number of aliphatic imine (C=N–C) groups is 1. The van der Waals surface area contributed by atoms with Crippen LogP contribution in [-0.2, 0) is 0 Å². The van der Waals surface area contributed by atoms with Gasteiger partial charge < -0.3 is 20.8 Å². The smallest absolute Gasteiger partial charge is 0.225 e. The van der Waals surface area contributed by atoms with E-state index < -0.39 is 0 Å². The number of nitrogens with one attached hydrogen (secondary N) is 2. The first-order chi connectivity index (χ1) is 11.5. The number of hydrogen-bond acceptors (Lipinski definition) is 4. The number of aliphatic hydroxyl groups is 1. The minimum absolute atomic E-state index is 0.165. The summed E-state index contributed by atoms with van der Waals surface area (Å²) in [6, 6.07) is 3.48. The van der Waals surface area contributed by atoms with Crippen molar-refractivity contribution >= 4 is 24.1 Å². The Morgan fingerprint density at radius 3 is 2.54 bits per heavy atom. The standard InChI is InChI=1S/C18H22N4O2/c1-4-5-14-13(6-7-23)9-16(21-14)18(24)15-8-11(2)17(22-15)10-20-12(3)19/h4-10,12,21-23H,19H2,1-3H3/b5-4-,7-6+,20-10?. The molecule has 6 nitrogen and oxygen atoms in total. The first-order valence-electron chi connectivity index (χ1n) is 7.65. The van der Waals surface area contributed by atoms with Gasteiger partial charge in [-0.2, -0.15) is 0 Å². The molecule has 0 amide bonds. The topological polar surface area (TPSA) is 107 Å². The number of allylic oxidation sites excluding steroid dienone is 1. The van der Waals surface area contributed by atoms with Gasteiger partial charge in [0.05, 0.1) is 29.5 Å². The summed E-state index contributed by atoms with van der Waals surface area (Å²) in [5.74, 6) is -0.165. The fourth-order valence-corrected chi connectivity index (χ4v) is 2.30. The number of hydrogen-bond donors (Lipinski definition) is 4. The van der Waals surface area contributed by atoms with Crippen molar-refractivity contribution in [2.75, 3.05) is 0 Å². The van der Waals surface area contributed by atoms with Gasteiger partial charge in [0.2, 0.25) is 5.78 Å². The van der Waals surface area contributed by atoms with E-state index in [2.05, 4.69) is 15.0 Å². The summed E-state index contributed by atoms with van der Waals surface area (Å²) in [4.78, 5) is 22.9. The lowest BCUT2D eigenvalue weighted by Crippen LogP contribution is -2.11. The van der Waals surface area contributed by atoms with Crippen LogP contribution < -0.4 is 5.73 Å². The molecule has 0 radical (unpaired) electrons. The van der Waals surface area contributed by atoms with E-state index >= 15 is 0 Å². The first kappa shape index (κ1) is 17.5. The fourth-order valence-electron chi connectivity index (χ4n) is 2.30. The third kappa shape index (κ3) is 3.91. The van der Waals surface area contributed by atoms with Crippen molar-refractivity contribution in [1.82, 2.24) is 9.97 Å². The highest BCUT2D eigenvalue weighted by atomic mass is 16.2. The van der Waals surface area contributed by atoms with E-state index in [1.807, 2.05) is 26.0 Å². The van der Waals surface area contributed by atoms with Crippen molar-refractivity contribution in [2.45, 2.75) is 26.9 Å². The van der Waals surface area contributed by atoms with Gasteiger partial charge in [0.25, 0.3) is 0 Å². The summed E-state index contributed by atoms with van der Waals surface area (Å²) in [6.07, 6.45) is 7.51. The van der Waals surface area contributed by atoms with Crippen LogP contribution in [0, 0.1) is 6.92 Å². The van der Waals surface area contributed by atoms with E-state index in [0.717, 1.165) is 28.8 Å². The average Bonchev–Trinajstić information content (AvgIpc) is 3.09. The number of aliphatic hydroxyl groups excluding tert-OH is 1. The zero-order chi connectivity index (χ0) is 17.7. The molecule has 0 saturated carbocycles. The summed E-state index contributed by atoms with van der Waals surface area (Å²) in [6.45, 7) is 5.56. The molecule has 0 aliphatic heterocycles. The Labute approximate surface area is 140 Å². The normalized spacial score (nSPS) is 13.5. The van der Waals surface area contributed by atoms with Gasteiger partial charge in [0.15, 0.2) is 0 Å². The van der Waals surface area contributed by atoms with Gasteiger partial charge in [-0.05, 0) is 50.6 Å². The lowest BCUT2D eigenvalue weighted by atomic mass is 10.1. The number of rotatable bonds is 6. The highest BCUT2D eigenvalue weighted by molar-refractivity contribution is 6.08. The summed E-state index contributed by atoms with van der Waals surface area (Å²) in [5.41, 5.74) is 9.68. The van der Waals surface area contributed by atoms with Crippen molar-refractivity contribution in [2.24, 2.45) is 10.7 Å². The zero-order valence-electron chi connectivity index (χ0n) is 14.0. The van der Waals surface area contributed by atoms with Gasteiger partial charge >= 0.3 is 0 Å². The van der Waals surface area contributed by atoms with Crippen LogP contribution >= 0.6 is 0 Å². The number of aromatic nitrogens is 2. The fraction of sp³-hybridized carbons (Fsp3) is 0.222. The van der Waals surface area contributed by atoms with E-state index in [1.165, 1.54) is 6.08 Å². The molecule has 2 heterocycles. The van der Waals surface area contributed by atoms with Crippen LogP contribution in [0.5, 0.6) is 0 Å². The maximum atomic E-state index is 12.7. The summed E-state index contributed by atoms with van der Waals surface area (Å²) >= 11 is 0. The predicted octanol–water partition coefficient (Wildman–Crippen LogP) is 3.17. The largest absolute Gasteiger partial charge is 0.516 e. The minimum atomic E-state index is -0.300. The molecule has 6 heteroatoms. The van der Waals surface area contributed by atoms with Gasteiger partial charge in [-0.1, -0.05) is 6.08 Å². The van der Waals surface area contributed by atoms with Crippen molar-refractivity contribution < 1.29 is 9.90 Å². The monoisotopic (exact) mass is 326 g/mol. The van der Waals surface area contributed by atoms with E-state index in [-0.39, 0.29) is 11.9 Å². The third-order valence-corrected chi connectivity index (χ3v) is 3.45. The van der Waals surface area contributed by atoms with E-state index in [0.29, 0.717) is 11.4 Å². The Hall–Kier alpha value is -2.86. The second kappa shape index (κ2) is 7.61. The molecule has 126 valence electrons. The van der Waals surface area contributed by atoms with E-state index in [1.54, 1.807) is 25.3 Å². The molecule has 0 fully saturated rings. The Balaban J connectivity index is 2.35. The van der Waals surface area contributed by atoms with Crippen LogP contribution in [-0.4, -0.2) is 33.2 Å². The van der Waals surface area contributed by atoms with Gasteiger partial charge in [-0.3, -0.25) is 9.79 Å². The Morgan fingerprint density at radius 2 is 1.92 bits per heavy atom. The molecule has 0 aliphatic rings. The number of carbonyl (C=O) groups excluding carboxylic acids is 1. The average molecular weight is 326 g/mol. The number of aromatic amines is 2. The van der Waals surface area contributed by atoms with Crippen molar-refractivity contribution in [3.8, 4) is 0 Å². The number of ketones is 1. The molecule has 2 aromatic rings. The second-order valence-corrected chi connectivity index (χ2v) is 5.50. The summed E-state index contributed by atoms with van der Waals surface area (Å²) in [5, 5.41) is 8.99. The van der Waals surface area contributed by atoms with Gasteiger partial charge in [0, 0.05) is 17.5 Å². The summed E-state index contributed by atoms with van der Waals surface area (Å²) in [7, 11) is 0. The maximum Gasteiger partial charge on any atom is 0.225 e. The van der Waals surface area contributed by atoms with Crippen LogP contribution in [0.2, 0.25) is 0 Å². The molecule has 5 N–H and O–H groups in total. The zero-order valence-corrected chi connectivity index (χ0v) is 14.0. The van der Waals surface area contributed by atoms with Crippen LogP contribution in [0.1, 0.15) is 52.5 Å². The number of aryl methyl sites for hydroxylation is 1. The first-order valence-corrected chi connectivity index (χ1v) is 7.65. The molecule has 24 heavy (non-hydrogen) atoms. The lowest BCUT2D eigenvalue weighted by molar-refractivity contribution is 0.103. The molecular weight excluding hydrogens is 304 g/mol. The Kier molecular flexibility index (Phi) is 5.55. The number of H-pyrrole nitrogens is 2. The number of carbonyl (C=O) groups is 1. The van der Waals surface area contributed by atoms with Crippen LogP contribution in [0.25, 0.3) is 12.2 Å². The number of nitrogens with two attached hydrogens (primary N) is 1. The minimum Gasteiger partial charge on any atom is -0.516 e. The molecule has 0 aromatic carbocycles. The van der Waals surface area contributed by atoms with Crippen LogP contribution in [0.3, 0.4) is 0 Å². The molecule has 1 atom stereocenters. The SMILES string of the molecule is C/C=C\c1[nH]c(C(=O)c2cc(C)c(C=NC(C)N)[nH]2)cc1/C=C/O. The second-order valence-electron chi connectivity index (χ2n) is 5.50. The molecular formula is C18H22N4O2. The lowest BCUT2D eigenvalue weighted by Gasteiger charge is -1.96. The Morgan fingerprint density at radius 1 is 1.25 bits per heavy atom. The van der Waals surface area contributed by atoms with Gasteiger partial charge in [0.1, 0.15) is 0 Å². The van der Waals surface area contributed by atoms with Crippen LogP contribution in [0.15, 0.2) is 29.5 Å². The van der Waals surface area contributed by atoms with Crippen molar-refractivity contribution in [1.29, 1.82) is 0 Å². The van der Waals surface area contributed by atoms with Crippen molar-refractivity contribution in [3.63, 3.8) is 0 Å². The third-order valence-electron chi connectivity index (χ3n) is 3.45. The van der Waals surface area contributed by atoms with Crippen LogP contribution in [0.4, 0.5) is 0 Å². The van der Waals surface area contributed by atoms with E-state index in [9.17, 15) is 4.79 Å². The quantitative estimate of drug-likeness (QED) is 0.372.